The molecule has 0 bridgehead atoms. The molecule has 0 aliphatic heterocycles. The molecule has 0 aliphatic rings. The van der Waals surface area contributed by atoms with Crippen LogP contribution in [0.25, 0.3) is 22.2 Å². The van der Waals surface area contributed by atoms with Crippen molar-refractivity contribution in [2.45, 2.75) is 12.5 Å². The molecule has 4 heteroatoms. The van der Waals surface area contributed by atoms with Crippen LogP contribution in [0.1, 0.15) is 32.7 Å². The van der Waals surface area contributed by atoms with Crippen molar-refractivity contribution in [1.29, 1.82) is 0 Å². The highest BCUT2D eigenvalue weighted by Gasteiger charge is 2.39. The molecular formula is C33H25N3O. The lowest BCUT2D eigenvalue weighted by Gasteiger charge is -2.38. The van der Waals surface area contributed by atoms with Gasteiger partial charge in [0.1, 0.15) is 11.2 Å². The average molecular weight is 480 g/mol. The van der Waals surface area contributed by atoms with Crippen molar-refractivity contribution in [3.8, 4) is 11.1 Å². The van der Waals surface area contributed by atoms with Gasteiger partial charge in [0, 0.05) is 11.8 Å². The monoisotopic (exact) mass is 479 g/mol. The highest BCUT2D eigenvalue weighted by molar-refractivity contribution is 5.85. The lowest BCUT2D eigenvalue weighted by molar-refractivity contribution is 0.111. The van der Waals surface area contributed by atoms with Crippen LogP contribution in [-0.4, -0.2) is 20.8 Å². The van der Waals surface area contributed by atoms with Crippen LogP contribution in [0.4, 0.5) is 0 Å². The number of hydrogen-bond donors (Lipinski definition) is 0. The van der Waals surface area contributed by atoms with Crippen molar-refractivity contribution >= 4 is 17.3 Å². The van der Waals surface area contributed by atoms with E-state index in [0.717, 1.165) is 50.7 Å². The Balaban J connectivity index is 1.70. The van der Waals surface area contributed by atoms with Gasteiger partial charge in [-0.05, 0) is 52.9 Å². The number of hydrogen-bond acceptors (Lipinski definition) is 3. The van der Waals surface area contributed by atoms with Gasteiger partial charge in [0.15, 0.2) is 6.29 Å². The van der Waals surface area contributed by atoms with Crippen molar-refractivity contribution in [1.82, 2.24) is 14.5 Å². The van der Waals surface area contributed by atoms with Gasteiger partial charge in [-0.2, -0.15) is 0 Å². The van der Waals surface area contributed by atoms with E-state index in [4.69, 9.17) is 4.98 Å². The average Bonchev–Trinajstić information content (AvgIpc) is 3.37. The van der Waals surface area contributed by atoms with E-state index in [1.807, 2.05) is 30.6 Å². The Morgan fingerprint density at radius 2 is 1.27 bits per heavy atom. The van der Waals surface area contributed by atoms with E-state index >= 15 is 0 Å². The Hall–Kier alpha value is -4.83. The van der Waals surface area contributed by atoms with E-state index < -0.39 is 5.54 Å². The number of rotatable bonds is 6. The fraction of sp³-hybridized carbons (Fsp3) is 0.0606. The van der Waals surface area contributed by atoms with Gasteiger partial charge in [0.25, 0.3) is 0 Å². The molecule has 37 heavy (non-hydrogen) atoms. The minimum Gasteiger partial charge on any atom is -0.312 e. The minimum atomic E-state index is -0.648. The molecule has 2 heterocycles. The summed E-state index contributed by atoms with van der Waals surface area (Å²) in [6, 6.07) is 39.8. The summed E-state index contributed by atoms with van der Waals surface area (Å²) in [6.45, 7) is 2.08. The van der Waals surface area contributed by atoms with Gasteiger partial charge in [-0.1, -0.05) is 97.1 Å². The van der Waals surface area contributed by atoms with Crippen molar-refractivity contribution in [2.24, 2.45) is 0 Å². The van der Waals surface area contributed by atoms with Gasteiger partial charge in [-0.3, -0.25) is 9.78 Å². The molecule has 0 unspecified atom stereocenters. The first-order valence-corrected chi connectivity index (χ1v) is 12.3. The van der Waals surface area contributed by atoms with Gasteiger partial charge in [0.05, 0.1) is 17.4 Å². The van der Waals surface area contributed by atoms with Gasteiger partial charge in [0.2, 0.25) is 0 Å². The smallest absolute Gasteiger partial charge is 0.168 e. The number of aryl methyl sites for hydroxylation is 1. The van der Waals surface area contributed by atoms with E-state index in [-0.39, 0.29) is 0 Å². The standard InChI is InChI=1S/C33H25N3O/c1-24-19-31-32(20-30(24)25-17-18-29(22-37)34-21-25)36(23-35-31)33(26-11-5-2-6-12-26,27-13-7-3-8-14-27)28-15-9-4-10-16-28/h2-23H,1H3. The first-order chi connectivity index (χ1) is 18.2. The Kier molecular flexibility index (Phi) is 5.70. The van der Waals surface area contributed by atoms with E-state index in [0.29, 0.717) is 5.69 Å². The van der Waals surface area contributed by atoms with Crippen LogP contribution in [0, 0.1) is 6.92 Å². The number of aldehydes is 1. The summed E-state index contributed by atoms with van der Waals surface area (Å²) in [5.41, 5.74) is 8.26. The molecule has 178 valence electrons. The number of benzene rings is 4. The lowest BCUT2D eigenvalue weighted by atomic mass is 9.76. The Morgan fingerprint density at radius 3 is 1.76 bits per heavy atom. The normalized spacial score (nSPS) is 11.5. The second-order valence-electron chi connectivity index (χ2n) is 9.17. The summed E-state index contributed by atoms with van der Waals surface area (Å²) in [6.07, 6.45) is 4.48. The van der Waals surface area contributed by atoms with Crippen LogP contribution in [-0.2, 0) is 5.54 Å². The molecule has 0 atom stereocenters. The van der Waals surface area contributed by atoms with Crippen LogP contribution >= 0.6 is 0 Å². The van der Waals surface area contributed by atoms with E-state index in [1.165, 1.54) is 0 Å². The molecule has 0 saturated heterocycles. The number of pyridine rings is 1. The fourth-order valence-corrected chi connectivity index (χ4v) is 5.33. The zero-order valence-electron chi connectivity index (χ0n) is 20.5. The zero-order valence-corrected chi connectivity index (χ0v) is 20.5. The topological polar surface area (TPSA) is 47.8 Å². The summed E-state index contributed by atoms with van der Waals surface area (Å²) < 4.78 is 2.29. The number of carbonyl (C=O) groups is 1. The lowest BCUT2D eigenvalue weighted by Crippen LogP contribution is -2.37. The largest absolute Gasteiger partial charge is 0.312 e. The third-order valence-electron chi connectivity index (χ3n) is 7.05. The fourth-order valence-electron chi connectivity index (χ4n) is 5.33. The Morgan fingerprint density at radius 1 is 0.703 bits per heavy atom. The summed E-state index contributed by atoms with van der Waals surface area (Å²) >= 11 is 0. The third kappa shape index (κ3) is 3.74. The molecule has 0 saturated carbocycles. The molecule has 6 aromatic rings. The highest BCUT2D eigenvalue weighted by atomic mass is 16.1. The van der Waals surface area contributed by atoms with E-state index in [2.05, 4.69) is 101 Å². The molecule has 4 aromatic carbocycles. The van der Waals surface area contributed by atoms with Gasteiger partial charge in [-0.25, -0.2) is 4.98 Å². The molecule has 0 fully saturated rings. The maximum absolute atomic E-state index is 11.1. The quantitative estimate of drug-likeness (QED) is 0.190. The summed E-state index contributed by atoms with van der Waals surface area (Å²) in [4.78, 5) is 20.3. The predicted octanol–water partition coefficient (Wildman–Crippen LogP) is 7.06. The van der Waals surface area contributed by atoms with E-state index in [1.54, 1.807) is 12.3 Å². The number of fused-ring (bicyclic) bond motifs is 1. The van der Waals surface area contributed by atoms with Crippen LogP contribution in [0.2, 0.25) is 0 Å². The molecule has 0 spiro atoms. The maximum atomic E-state index is 11.1. The van der Waals surface area contributed by atoms with Crippen LogP contribution in [0.5, 0.6) is 0 Å². The van der Waals surface area contributed by atoms with Crippen molar-refractivity contribution < 1.29 is 4.79 Å². The maximum Gasteiger partial charge on any atom is 0.168 e. The molecule has 0 aliphatic carbocycles. The second-order valence-corrected chi connectivity index (χ2v) is 9.17. The minimum absolute atomic E-state index is 0.420. The second kappa shape index (κ2) is 9.32. The van der Waals surface area contributed by atoms with Crippen LogP contribution in [0.3, 0.4) is 0 Å². The summed E-state index contributed by atoms with van der Waals surface area (Å²) in [7, 11) is 0. The molecule has 4 nitrogen and oxygen atoms in total. The third-order valence-corrected chi connectivity index (χ3v) is 7.05. The predicted molar refractivity (Wildman–Crippen MR) is 148 cm³/mol. The van der Waals surface area contributed by atoms with Gasteiger partial charge >= 0.3 is 0 Å². The van der Waals surface area contributed by atoms with E-state index in [9.17, 15) is 4.79 Å². The van der Waals surface area contributed by atoms with Crippen LogP contribution < -0.4 is 0 Å². The van der Waals surface area contributed by atoms with Crippen molar-refractivity contribution in [3.63, 3.8) is 0 Å². The zero-order chi connectivity index (χ0) is 25.2. The Labute approximate surface area is 215 Å². The summed E-state index contributed by atoms with van der Waals surface area (Å²) in [5, 5.41) is 0. The first-order valence-electron chi connectivity index (χ1n) is 12.3. The number of nitrogens with zero attached hydrogens (tertiary/aromatic N) is 3. The molecule has 0 N–H and O–H groups in total. The molecule has 0 radical (unpaired) electrons. The Bertz CT molecular complexity index is 1580. The number of imidazole rings is 1. The molecule has 2 aromatic heterocycles. The van der Waals surface area contributed by atoms with Crippen LogP contribution in [0.15, 0.2) is 128 Å². The first kappa shape index (κ1) is 22.6. The number of aromatic nitrogens is 3. The van der Waals surface area contributed by atoms with Gasteiger partial charge < -0.3 is 4.57 Å². The SMILES string of the molecule is Cc1cc2ncn(C(c3ccccc3)(c3ccccc3)c3ccccc3)c2cc1-c1ccc(C=O)nc1. The highest BCUT2D eigenvalue weighted by Crippen LogP contribution is 2.43. The number of carbonyl (C=O) groups excluding carboxylic acids is 1. The molecule has 6 rings (SSSR count). The summed E-state index contributed by atoms with van der Waals surface area (Å²) in [5.74, 6) is 0. The molecular weight excluding hydrogens is 454 g/mol. The van der Waals surface area contributed by atoms with Crippen molar-refractivity contribution in [2.75, 3.05) is 0 Å². The van der Waals surface area contributed by atoms with Crippen molar-refractivity contribution in [3.05, 3.63) is 156 Å². The van der Waals surface area contributed by atoms with Gasteiger partial charge in [-0.15, -0.1) is 0 Å². The molecule has 0 amide bonds.